The zero-order chi connectivity index (χ0) is 17.8. The van der Waals surface area contributed by atoms with E-state index in [0.29, 0.717) is 0 Å². The lowest BCUT2D eigenvalue weighted by Gasteiger charge is -2.33. The number of aliphatic hydroxyl groups excluding tert-OH is 1. The smallest absolute Gasteiger partial charge is 0.200 e. The number of benzene rings is 1. The molecule has 3 rings (SSSR count). The molecule has 0 amide bonds. The lowest BCUT2D eigenvalue weighted by molar-refractivity contribution is -0.0294. The topological polar surface area (TPSA) is 38.7 Å². The van der Waals surface area contributed by atoms with Crippen molar-refractivity contribution in [2.24, 2.45) is 11.8 Å². The van der Waals surface area contributed by atoms with Gasteiger partial charge in [0.2, 0.25) is 5.82 Å². The molecule has 0 radical (unpaired) electrons. The van der Waals surface area contributed by atoms with Crippen molar-refractivity contribution in [1.82, 2.24) is 0 Å². The summed E-state index contributed by atoms with van der Waals surface area (Å²) in [6.45, 7) is 2.82. The van der Waals surface area contributed by atoms with Gasteiger partial charge in [-0.05, 0) is 69.4 Å². The molecule has 1 unspecified atom stereocenters. The van der Waals surface area contributed by atoms with Gasteiger partial charge in [0.05, 0.1) is 18.8 Å². The Hall–Kier alpha value is -1.20. The molecule has 2 saturated carbocycles. The highest BCUT2D eigenvalue weighted by Crippen LogP contribution is 2.38. The van der Waals surface area contributed by atoms with Crippen LogP contribution in [0.1, 0.15) is 63.5 Å². The molecule has 1 atom stereocenters. The van der Waals surface area contributed by atoms with Crippen molar-refractivity contribution in [2.75, 3.05) is 13.2 Å². The van der Waals surface area contributed by atoms with Gasteiger partial charge in [-0.25, -0.2) is 4.39 Å². The molecule has 1 aromatic carbocycles. The van der Waals surface area contributed by atoms with Crippen molar-refractivity contribution >= 4 is 0 Å². The van der Waals surface area contributed by atoms with Gasteiger partial charge in [0.25, 0.3) is 0 Å². The summed E-state index contributed by atoms with van der Waals surface area (Å²) < 4.78 is 39.3. The zero-order valence-corrected chi connectivity index (χ0v) is 14.8. The van der Waals surface area contributed by atoms with Gasteiger partial charge in [-0.3, -0.25) is 0 Å². The van der Waals surface area contributed by atoms with Crippen LogP contribution < -0.4 is 4.74 Å². The van der Waals surface area contributed by atoms with Crippen LogP contribution in [0.15, 0.2) is 12.1 Å². The van der Waals surface area contributed by atoms with Crippen molar-refractivity contribution in [3.05, 3.63) is 29.3 Å². The summed E-state index contributed by atoms with van der Waals surface area (Å²) in [4.78, 5) is 0. The molecule has 2 fully saturated rings. The molecule has 0 heterocycles. The van der Waals surface area contributed by atoms with Gasteiger partial charge in [-0.1, -0.05) is 6.42 Å². The van der Waals surface area contributed by atoms with Gasteiger partial charge >= 0.3 is 0 Å². The van der Waals surface area contributed by atoms with Crippen LogP contribution in [0.2, 0.25) is 0 Å². The highest BCUT2D eigenvalue weighted by molar-refractivity contribution is 5.32. The Morgan fingerprint density at radius 2 is 1.80 bits per heavy atom. The minimum absolute atomic E-state index is 0.0276. The summed E-state index contributed by atoms with van der Waals surface area (Å²) in [6, 6.07) is 2.83. The van der Waals surface area contributed by atoms with Crippen LogP contribution in [0.4, 0.5) is 8.78 Å². The van der Waals surface area contributed by atoms with Crippen LogP contribution in [-0.2, 0) is 4.74 Å². The maximum absolute atomic E-state index is 14.3. The van der Waals surface area contributed by atoms with E-state index in [0.717, 1.165) is 38.2 Å². The second-order valence-corrected chi connectivity index (χ2v) is 7.33. The van der Waals surface area contributed by atoms with Crippen LogP contribution in [0.5, 0.6) is 5.75 Å². The fraction of sp³-hybridized carbons (Fsp3) is 0.700. The lowest BCUT2D eigenvalue weighted by atomic mass is 9.81. The van der Waals surface area contributed by atoms with Crippen molar-refractivity contribution in [1.29, 1.82) is 0 Å². The molecule has 3 nitrogen and oxygen atoms in total. The van der Waals surface area contributed by atoms with Crippen LogP contribution >= 0.6 is 0 Å². The lowest BCUT2D eigenvalue weighted by Crippen LogP contribution is -2.28. The Bertz CT molecular complexity index is 566. The maximum Gasteiger partial charge on any atom is 0.200 e. The quantitative estimate of drug-likeness (QED) is 0.766. The molecular weight excluding hydrogens is 326 g/mol. The first-order valence-corrected chi connectivity index (χ1v) is 9.50. The average molecular weight is 354 g/mol. The predicted octanol–water partition coefficient (Wildman–Crippen LogP) is 4.77. The summed E-state index contributed by atoms with van der Waals surface area (Å²) in [6.07, 6.45) is 6.40. The molecule has 25 heavy (non-hydrogen) atoms. The van der Waals surface area contributed by atoms with Gasteiger partial charge in [-0.2, -0.15) is 4.39 Å². The molecule has 0 bridgehead atoms. The molecule has 0 aliphatic heterocycles. The minimum atomic E-state index is -1.02. The third kappa shape index (κ3) is 4.32. The van der Waals surface area contributed by atoms with Crippen molar-refractivity contribution in [3.63, 3.8) is 0 Å². The van der Waals surface area contributed by atoms with E-state index in [1.807, 2.05) is 0 Å². The first-order valence-electron chi connectivity index (χ1n) is 9.50. The summed E-state index contributed by atoms with van der Waals surface area (Å²) >= 11 is 0. The van der Waals surface area contributed by atoms with Gasteiger partial charge in [-0.15, -0.1) is 0 Å². The largest absolute Gasteiger partial charge is 0.491 e. The highest BCUT2D eigenvalue weighted by atomic mass is 19.2. The number of rotatable bonds is 7. The number of hydrogen-bond donors (Lipinski definition) is 1. The van der Waals surface area contributed by atoms with E-state index in [1.54, 1.807) is 6.92 Å². The predicted molar refractivity (Wildman–Crippen MR) is 91.5 cm³/mol. The Labute approximate surface area is 148 Å². The van der Waals surface area contributed by atoms with Crippen LogP contribution in [0.3, 0.4) is 0 Å². The fourth-order valence-corrected chi connectivity index (χ4v) is 3.80. The van der Waals surface area contributed by atoms with Crippen molar-refractivity contribution in [3.8, 4) is 5.75 Å². The van der Waals surface area contributed by atoms with Crippen molar-refractivity contribution < 1.29 is 23.4 Å². The summed E-state index contributed by atoms with van der Waals surface area (Å²) in [7, 11) is 0. The Kier molecular flexibility index (Phi) is 6.29. The average Bonchev–Trinajstić information content (AvgIpc) is 2.58. The van der Waals surface area contributed by atoms with Gasteiger partial charge in [0, 0.05) is 12.2 Å². The molecule has 0 saturated heterocycles. The van der Waals surface area contributed by atoms with Crippen LogP contribution in [0, 0.1) is 23.5 Å². The third-order valence-electron chi connectivity index (χ3n) is 5.65. The molecule has 0 aromatic heterocycles. The molecule has 1 aromatic rings. The van der Waals surface area contributed by atoms with Crippen LogP contribution in [-0.4, -0.2) is 24.4 Å². The number of aliphatic hydroxyl groups is 1. The van der Waals surface area contributed by atoms with E-state index in [9.17, 15) is 13.9 Å². The second kappa shape index (κ2) is 8.45. The van der Waals surface area contributed by atoms with E-state index in [4.69, 9.17) is 9.47 Å². The number of halogens is 2. The molecule has 0 spiro atoms. The van der Waals surface area contributed by atoms with Crippen molar-refractivity contribution in [2.45, 2.75) is 64.1 Å². The van der Waals surface area contributed by atoms with Crippen LogP contribution in [0.25, 0.3) is 0 Å². The zero-order valence-electron chi connectivity index (χ0n) is 14.8. The van der Waals surface area contributed by atoms with E-state index < -0.39 is 17.7 Å². The first-order chi connectivity index (χ1) is 12.1. The molecule has 1 N–H and O–H groups in total. The Balaban J connectivity index is 1.55. The third-order valence-corrected chi connectivity index (χ3v) is 5.65. The van der Waals surface area contributed by atoms with E-state index in [1.165, 1.54) is 31.4 Å². The molecule has 2 aliphatic carbocycles. The van der Waals surface area contributed by atoms with Gasteiger partial charge in [0.15, 0.2) is 11.6 Å². The first kappa shape index (κ1) is 18.6. The standard InChI is InChI=1S/C20H28F2O3/c1-2-24-17-11-10-16(18(21)19(17)22)20(23)14-6-8-15(9-7-14)25-12-13-4-3-5-13/h10-11,13-15,20,23H,2-9,12H2,1H3. The SMILES string of the molecule is CCOc1ccc(C(O)C2CCC(OCC3CCC3)CC2)c(F)c1F. The van der Waals surface area contributed by atoms with E-state index >= 15 is 0 Å². The Morgan fingerprint density at radius 3 is 2.40 bits per heavy atom. The Morgan fingerprint density at radius 1 is 1.08 bits per heavy atom. The highest BCUT2D eigenvalue weighted by Gasteiger charge is 2.31. The molecule has 140 valence electrons. The van der Waals surface area contributed by atoms with Gasteiger partial charge in [0.1, 0.15) is 0 Å². The van der Waals surface area contributed by atoms with Gasteiger partial charge < -0.3 is 14.6 Å². The summed E-state index contributed by atoms with van der Waals surface area (Å²) in [5.74, 6) is -1.46. The molecule has 5 heteroatoms. The number of hydrogen-bond acceptors (Lipinski definition) is 3. The minimum Gasteiger partial charge on any atom is -0.491 e. The normalized spacial score (nSPS) is 25.4. The summed E-state index contributed by atoms with van der Waals surface area (Å²) in [5.41, 5.74) is 0.0276. The second-order valence-electron chi connectivity index (χ2n) is 7.33. The molecular formula is C20H28F2O3. The van der Waals surface area contributed by atoms with E-state index in [2.05, 4.69) is 0 Å². The fourth-order valence-electron chi connectivity index (χ4n) is 3.80. The number of ether oxygens (including phenoxy) is 2. The maximum atomic E-state index is 14.3. The summed E-state index contributed by atoms with van der Waals surface area (Å²) in [5, 5.41) is 10.5. The monoisotopic (exact) mass is 354 g/mol. The molecule has 2 aliphatic rings. The van der Waals surface area contributed by atoms with E-state index in [-0.39, 0.29) is 29.9 Å².